The Morgan fingerprint density at radius 2 is 1.72 bits per heavy atom. The molecule has 90 valence electrons. The fourth-order valence-corrected chi connectivity index (χ4v) is 3.47. The van der Waals surface area contributed by atoms with Crippen molar-refractivity contribution in [1.82, 2.24) is 4.98 Å². The molecule has 0 saturated heterocycles. The Balaban J connectivity index is 2.20. The first-order valence-corrected chi connectivity index (χ1v) is 6.93. The highest BCUT2D eigenvalue weighted by molar-refractivity contribution is 6.37. The third-order valence-corrected chi connectivity index (χ3v) is 4.38. The number of benzene rings is 2. The van der Waals surface area contributed by atoms with E-state index in [1.807, 2.05) is 6.07 Å². The molecule has 0 atom stereocenters. The molecule has 0 unspecified atom stereocenters. The van der Waals surface area contributed by atoms with Crippen LogP contribution in [-0.4, -0.2) is 4.98 Å². The normalized spacial score (nSPS) is 15.2. The van der Waals surface area contributed by atoms with Crippen molar-refractivity contribution in [3.8, 4) is 0 Å². The second-order valence-electron chi connectivity index (χ2n) is 5.12. The molecule has 1 nitrogen and oxygen atoms in total. The van der Waals surface area contributed by atoms with Crippen LogP contribution in [0.15, 0.2) is 30.3 Å². The number of aromatic amines is 1. The Bertz CT molecular complexity index is 754. The summed E-state index contributed by atoms with van der Waals surface area (Å²) < 4.78 is 0. The van der Waals surface area contributed by atoms with Gasteiger partial charge in [0.05, 0.1) is 5.52 Å². The first-order valence-electron chi connectivity index (χ1n) is 6.55. The zero-order chi connectivity index (χ0) is 12.1. The Labute approximate surface area is 111 Å². The summed E-state index contributed by atoms with van der Waals surface area (Å²) >= 11 is 6.42. The lowest BCUT2D eigenvalue weighted by molar-refractivity contribution is 0.680. The van der Waals surface area contributed by atoms with Crippen molar-refractivity contribution in [3.05, 3.63) is 46.6 Å². The van der Waals surface area contributed by atoms with Crippen LogP contribution >= 0.6 is 11.6 Å². The number of halogens is 1. The van der Waals surface area contributed by atoms with E-state index in [9.17, 15) is 0 Å². The highest BCUT2D eigenvalue weighted by atomic mass is 35.5. The van der Waals surface area contributed by atoms with Crippen LogP contribution < -0.4 is 0 Å². The SMILES string of the molecule is Clc1cc2c3c([nH]c2c2ccccc12)CCCC3. The van der Waals surface area contributed by atoms with E-state index < -0.39 is 0 Å². The Hall–Kier alpha value is -1.47. The van der Waals surface area contributed by atoms with Gasteiger partial charge < -0.3 is 4.98 Å². The molecule has 0 bridgehead atoms. The van der Waals surface area contributed by atoms with Crippen molar-refractivity contribution in [2.24, 2.45) is 0 Å². The van der Waals surface area contributed by atoms with Crippen LogP contribution in [0.4, 0.5) is 0 Å². The smallest absolute Gasteiger partial charge is 0.0539 e. The molecule has 0 fully saturated rings. The maximum atomic E-state index is 6.42. The molecule has 3 aromatic rings. The third-order valence-electron chi connectivity index (χ3n) is 4.06. The van der Waals surface area contributed by atoms with Crippen molar-refractivity contribution in [2.75, 3.05) is 0 Å². The van der Waals surface area contributed by atoms with Crippen molar-refractivity contribution in [2.45, 2.75) is 25.7 Å². The highest BCUT2D eigenvalue weighted by Gasteiger charge is 2.17. The Morgan fingerprint density at radius 3 is 2.61 bits per heavy atom. The lowest BCUT2D eigenvalue weighted by Crippen LogP contribution is -1.99. The first kappa shape index (κ1) is 10.5. The zero-order valence-corrected chi connectivity index (χ0v) is 10.8. The number of fused-ring (bicyclic) bond motifs is 5. The molecule has 2 aromatic carbocycles. The summed E-state index contributed by atoms with van der Waals surface area (Å²) in [4.78, 5) is 3.63. The van der Waals surface area contributed by atoms with Gasteiger partial charge >= 0.3 is 0 Å². The van der Waals surface area contributed by atoms with E-state index in [1.54, 1.807) is 0 Å². The van der Waals surface area contributed by atoms with Crippen LogP contribution in [0.5, 0.6) is 0 Å². The van der Waals surface area contributed by atoms with E-state index in [-0.39, 0.29) is 0 Å². The predicted octanol–water partition coefficient (Wildman–Crippen LogP) is 4.85. The molecule has 0 spiro atoms. The second kappa shape index (κ2) is 3.76. The van der Waals surface area contributed by atoms with Gasteiger partial charge in [-0.3, -0.25) is 0 Å². The average molecular weight is 256 g/mol. The number of H-pyrrole nitrogens is 1. The maximum absolute atomic E-state index is 6.42. The molecular weight excluding hydrogens is 242 g/mol. The van der Waals surface area contributed by atoms with Gasteiger partial charge in [0.15, 0.2) is 0 Å². The highest BCUT2D eigenvalue weighted by Crippen LogP contribution is 2.36. The number of aryl methyl sites for hydroxylation is 2. The largest absolute Gasteiger partial charge is 0.358 e. The van der Waals surface area contributed by atoms with E-state index in [2.05, 4.69) is 29.2 Å². The summed E-state index contributed by atoms with van der Waals surface area (Å²) in [5, 5.41) is 4.58. The molecule has 1 heterocycles. The van der Waals surface area contributed by atoms with Gasteiger partial charge in [0.1, 0.15) is 0 Å². The number of nitrogens with one attached hydrogen (secondary N) is 1. The molecule has 0 radical (unpaired) electrons. The summed E-state index contributed by atoms with van der Waals surface area (Å²) in [5.41, 5.74) is 4.18. The van der Waals surface area contributed by atoms with Crippen LogP contribution in [0.2, 0.25) is 5.02 Å². The topological polar surface area (TPSA) is 15.8 Å². The van der Waals surface area contributed by atoms with Gasteiger partial charge in [-0.25, -0.2) is 0 Å². The van der Waals surface area contributed by atoms with Crippen molar-refractivity contribution >= 4 is 33.3 Å². The third kappa shape index (κ3) is 1.34. The Morgan fingerprint density at radius 1 is 0.944 bits per heavy atom. The number of hydrogen-bond acceptors (Lipinski definition) is 0. The van der Waals surface area contributed by atoms with E-state index in [4.69, 9.17) is 11.6 Å². The molecule has 1 aromatic heterocycles. The lowest BCUT2D eigenvalue weighted by atomic mass is 9.95. The summed E-state index contributed by atoms with van der Waals surface area (Å²) in [7, 11) is 0. The fraction of sp³-hybridized carbons (Fsp3) is 0.250. The molecule has 18 heavy (non-hydrogen) atoms. The number of hydrogen-bond donors (Lipinski definition) is 1. The molecular formula is C16H14ClN. The van der Waals surface area contributed by atoms with Crippen LogP contribution in [0, 0.1) is 0 Å². The molecule has 0 saturated carbocycles. The van der Waals surface area contributed by atoms with Crippen LogP contribution in [0.25, 0.3) is 21.7 Å². The number of aromatic nitrogens is 1. The Kier molecular flexibility index (Phi) is 2.18. The predicted molar refractivity (Wildman–Crippen MR) is 77.5 cm³/mol. The van der Waals surface area contributed by atoms with E-state index in [0.717, 1.165) is 10.4 Å². The molecule has 1 N–H and O–H groups in total. The molecule has 0 aliphatic heterocycles. The molecule has 0 amide bonds. The van der Waals surface area contributed by atoms with Crippen LogP contribution in [0.1, 0.15) is 24.1 Å². The summed E-state index contributed by atoms with van der Waals surface area (Å²) in [6.07, 6.45) is 4.95. The van der Waals surface area contributed by atoms with Crippen LogP contribution in [-0.2, 0) is 12.8 Å². The minimum absolute atomic E-state index is 0.866. The minimum atomic E-state index is 0.866. The molecule has 4 rings (SSSR count). The quantitative estimate of drug-likeness (QED) is 0.591. The minimum Gasteiger partial charge on any atom is -0.358 e. The fourth-order valence-electron chi connectivity index (χ4n) is 3.20. The van der Waals surface area contributed by atoms with Crippen LogP contribution in [0.3, 0.4) is 0 Å². The monoisotopic (exact) mass is 255 g/mol. The first-order chi connectivity index (χ1) is 8.84. The van der Waals surface area contributed by atoms with Crippen molar-refractivity contribution < 1.29 is 0 Å². The average Bonchev–Trinajstić information content (AvgIpc) is 2.78. The van der Waals surface area contributed by atoms with Gasteiger partial charge in [-0.1, -0.05) is 35.9 Å². The molecule has 1 aliphatic carbocycles. The summed E-state index contributed by atoms with van der Waals surface area (Å²) in [5.74, 6) is 0. The van der Waals surface area contributed by atoms with Gasteiger partial charge in [-0.05, 0) is 37.3 Å². The molecule has 1 aliphatic rings. The standard InChI is InChI=1S/C16H14ClN/c17-14-9-13-11-6-3-4-8-15(11)18-16(13)12-7-2-1-5-10(12)14/h1-2,5,7,9,18H,3-4,6,8H2. The lowest BCUT2D eigenvalue weighted by Gasteiger charge is -2.10. The van der Waals surface area contributed by atoms with Gasteiger partial charge in [-0.15, -0.1) is 0 Å². The van der Waals surface area contributed by atoms with E-state index in [1.165, 1.54) is 53.2 Å². The van der Waals surface area contributed by atoms with Gasteiger partial charge in [0, 0.05) is 26.9 Å². The van der Waals surface area contributed by atoms with Gasteiger partial charge in [0.25, 0.3) is 0 Å². The summed E-state index contributed by atoms with van der Waals surface area (Å²) in [6, 6.07) is 10.5. The molecule has 2 heteroatoms. The zero-order valence-electron chi connectivity index (χ0n) is 10.1. The maximum Gasteiger partial charge on any atom is 0.0539 e. The van der Waals surface area contributed by atoms with Crippen molar-refractivity contribution in [1.29, 1.82) is 0 Å². The van der Waals surface area contributed by atoms with Crippen molar-refractivity contribution in [3.63, 3.8) is 0 Å². The van der Waals surface area contributed by atoms with E-state index in [0.29, 0.717) is 0 Å². The van der Waals surface area contributed by atoms with Gasteiger partial charge in [-0.2, -0.15) is 0 Å². The second-order valence-corrected chi connectivity index (χ2v) is 5.52. The van der Waals surface area contributed by atoms with Gasteiger partial charge in [0.2, 0.25) is 0 Å². The number of rotatable bonds is 0. The van der Waals surface area contributed by atoms with E-state index >= 15 is 0 Å². The summed E-state index contributed by atoms with van der Waals surface area (Å²) in [6.45, 7) is 0.